The van der Waals surface area contributed by atoms with Crippen molar-refractivity contribution in [1.82, 2.24) is 5.32 Å². The molecule has 1 aliphatic rings. The highest BCUT2D eigenvalue weighted by molar-refractivity contribution is 5.90. The molecule has 1 N–H and O–H groups in total. The van der Waals surface area contributed by atoms with E-state index < -0.39 is 5.91 Å². The Labute approximate surface area is 115 Å². The molecule has 2 heterocycles. The van der Waals surface area contributed by atoms with E-state index >= 15 is 0 Å². The fraction of sp³-hybridized carbons (Fsp3) is 0.143. The Morgan fingerprint density at radius 1 is 1.25 bits per heavy atom. The van der Waals surface area contributed by atoms with Gasteiger partial charge >= 0.3 is 5.91 Å². The van der Waals surface area contributed by atoms with Crippen LogP contribution in [0.4, 0.5) is 0 Å². The zero-order chi connectivity index (χ0) is 13.9. The summed E-state index contributed by atoms with van der Waals surface area (Å²) in [4.78, 5) is 11.9. The Hall–Kier alpha value is -2.76. The van der Waals surface area contributed by atoms with Crippen LogP contribution in [0, 0.1) is 5.21 Å². The number of nitrogens with one attached hydrogen (secondary N) is 1. The van der Waals surface area contributed by atoms with Crippen molar-refractivity contribution in [2.24, 2.45) is 0 Å². The number of carbonyl (C=O) groups is 1. The SMILES string of the molecule is O=C(NCc1ccc2c(c1)OCO2)c1cccc[n+]1[O-]. The third-order valence-electron chi connectivity index (χ3n) is 2.95. The third-order valence-corrected chi connectivity index (χ3v) is 2.95. The topological polar surface area (TPSA) is 74.5 Å². The quantitative estimate of drug-likeness (QED) is 0.667. The summed E-state index contributed by atoms with van der Waals surface area (Å²) in [5.74, 6) is 0.939. The van der Waals surface area contributed by atoms with E-state index in [1.165, 1.54) is 12.3 Å². The van der Waals surface area contributed by atoms with Crippen molar-refractivity contribution in [3.05, 3.63) is 59.1 Å². The molecule has 0 spiro atoms. The van der Waals surface area contributed by atoms with Crippen LogP contribution in [0.2, 0.25) is 0 Å². The summed E-state index contributed by atoms with van der Waals surface area (Å²) in [7, 11) is 0. The smallest absolute Gasteiger partial charge is 0.317 e. The summed E-state index contributed by atoms with van der Waals surface area (Å²) in [6, 6.07) is 10.1. The largest absolute Gasteiger partial charge is 0.618 e. The van der Waals surface area contributed by atoms with Crippen molar-refractivity contribution in [2.75, 3.05) is 6.79 Å². The van der Waals surface area contributed by atoms with Gasteiger partial charge in [-0.25, -0.2) is 0 Å². The lowest BCUT2D eigenvalue weighted by atomic mass is 10.2. The number of pyridine rings is 1. The number of hydrogen-bond acceptors (Lipinski definition) is 4. The molecular weight excluding hydrogens is 260 g/mol. The van der Waals surface area contributed by atoms with Crippen molar-refractivity contribution < 1.29 is 19.0 Å². The molecule has 1 amide bonds. The van der Waals surface area contributed by atoms with E-state index in [-0.39, 0.29) is 12.5 Å². The van der Waals surface area contributed by atoms with Crippen molar-refractivity contribution >= 4 is 5.91 Å². The summed E-state index contributed by atoms with van der Waals surface area (Å²) in [6.07, 6.45) is 1.29. The molecule has 0 unspecified atom stereocenters. The maximum atomic E-state index is 11.9. The van der Waals surface area contributed by atoms with Crippen LogP contribution in [0.3, 0.4) is 0 Å². The van der Waals surface area contributed by atoms with Gasteiger partial charge in [0.15, 0.2) is 17.7 Å². The first-order chi connectivity index (χ1) is 9.74. The van der Waals surface area contributed by atoms with E-state index in [1.807, 2.05) is 6.07 Å². The maximum Gasteiger partial charge on any atom is 0.317 e. The van der Waals surface area contributed by atoms with Crippen LogP contribution in [0.1, 0.15) is 16.1 Å². The molecule has 0 bridgehead atoms. The predicted octanol–water partition coefficient (Wildman–Crippen LogP) is 0.979. The fourth-order valence-corrected chi connectivity index (χ4v) is 1.93. The van der Waals surface area contributed by atoms with E-state index in [0.717, 1.165) is 5.56 Å². The minimum atomic E-state index is -0.418. The molecular formula is C14H12N2O4. The number of hydrogen-bond donors (Lipinski definition) is 1. The van der Waals surface area contributed by atoms with Gasteiger partial charge in [0.05, 0.1) is 0 Å². The van der Waals surface area contributed by atoms with E-state index in [4.69, 9.17) is 9.47 Å². The summed E-state index contributed by atoms with van der Waals surface area (Å²) >= 11 is 0. The van der Waals surface area contributed by atoms with Gasteiger partial charge in [-0.1, -0.05) is 6.07 Å². The summed E-state index contributed by atoms with van der Waals surface area (Å²) in [5, 5.41) is 14.1. The van der Waals surface area contributed by atoms with Crippen LogP contribution in [0.25, 0.3) is 0 Å². The number of rotatable bonds is 3. The second kappa shape index (κ2) is 5.08. The first-order valence-corrected chi connectivity index (χ1v) is 6.09. The molecule has 1 aliphatic heterocycles. The molecule has 1 aromatic heterocycles. The Morgan fingerprint density at radius 3 is 2.95 bits per heavy atom. The van der Waals surface area contributed by atoms with Crippen LogP contribution in [0.15, 0.2) is 42.6 Å². The van der Waals surface area contributed by atoms with Gasteiger partial charge in [-0.3, -0.25) is 4.79 Å². The molecule has 20 heavy (non-hydrogen) atoms. The average molecular weight is 272 g/mol. The number of ether oxygens (including phenoxy) is 2. The Balaban J connectivity index is 1.68. The average Bonchev–Trinajstić information content (AvgIpc) is 2.92. The summed E-state index contributed by atoms with van der Waals surface area (Å²) in [5.41, 5.74) is 0.934. The monoisotopic (exact) mass is 272 g/mol. The van der Waals surface area contributed by atoms with Crippen molar-refractivity contribution in [2.45, 2.75) is 6.54 Å². The molecule has 0 saturated heterocycles. The minimum absolute atomic E-state index is 0.0632. The van der Waals surface area contributed by atoms with Gasteiger partial charge in [-0.15, -0.1) is 0 Å². The van der Waals surface area contributed by atoms with Crippen LogP contribution < -0.4 is 19.5 Å². The molecule has 6 nitrogen and oxygen atoms in total. The lowest BCUT2D eigenvalue weighted by Crippen LogP contribution is -2.38. The lowest BCUT2D eigenvalue weighted by molar-refractivity contribution is -0.607. The predicted molar refractivity (Wildman–Crippen MR) is 69.1 cm³/mol. The third kappa shape index (κ3) is 2.35. The fourth-order valence-electron chi connectivity index (χ4n) is 1.93. The Morgan fingerprint density at radius 2 is 2.10 bits per heavy atom. The molecule has 2 aromatic rings. The number of carbonyl (C=O) groups excluding carboxylic acids is 1. The van der Waals surface area contributed by atoms with E-state index in [9.17, 15) is 10.0 Å². The second-order valence-corrected chi connectivity index (χ2v) is 4.28. The molecule has 102 valence electrons. The van der Waals surface area contributed by atoms with Crippen LogP contribution in [-0.4, -0.2) is 12.7 Å². The molecule has 6 heteroatoms. The highest BCUT2D eigenvalue weighted by atomic mass is 16.7. The summed E-state index contributed by atoms with van der Waals surface area (Å²) < 4.78 is 11.0. The zero-order valence-corrected chi connectivity index (χ0v) is 10.5. The van der Waals surface area contributed by atoms with Crippen LogP contribution in [0.5, 0.6) is 11.5 Å². The highest BCUT2D eigenvalue weighted by Crippen LogP contribution is 2.32. The molecule has 3 rings (SSSR count). The van der Waals surface area contributed by atoms with Crippen LogP contribution in [-0.2, 0) is 6.54 Å². The van der Waals surface area contributed by atoms with E-state index in [1.54, 1.807) is 24.3 Å². The number of aromatic nitrogens is 1. The lowest BCUT2D eigenvalue weighted by Gasteiger charge is -2.06. The van der Waals surface area contributed by atoms with Crippen LogP contribution >= 0.6 is 0 Å². The molecule has 0 atom stereocenters. The molecule has 1 aromatic carbocycles. The maximum absolute atomic E-state index is 11.9. The van der Waals surface area contributed by atoms with Gasteiger partial charge in [0.25, 0.3) is 5.69 Å². The van der Waals surface area contributed by atoms with Crippen molar-refractivity contribution in [3.8, 4) is 11.5 Å². The molecule has 0 fully saturated rings. The van der Waals surface area contributed by atoms with Crippen molar-refractivity contribution in [3.63, 3.8) is 0 Å². The molecule has 0 aliphatic carbocycles. The second-order valence-electron chi connectivity index (χ2n) is 4.28. The van der Waals surface area contributed by atoms with E-state index in [2.05, 4.69) is 5.32 Å². The first kappa shape index (κ1) is 12.3. The van der Waals surface area contributed by atoms with Gasteiger partial charge in [-0.05, 0) is 23.8 Å². The minimum Gasteiger partial charge on any atom is -0.618 e. The van der Waals surface area contributed by atoms with Gasteiger partial charge < -0.3 is 20.0 Å². The number of amides is 1. The number of benzene rings is 1. The number of nitrogens with zero attached hydrogens (tertiary/aromatic N) is 1. The standard InChI is InChI=1S/C14H12N2O4/c17-14(11-3-1-2-6-16(11)18)15-8-10-4-5-12-13(7-10)20-9-19-12/h1-7H,8-9H2,(H,15,17). The Kier molecular flexibility index (Phi) is 3.12. The summed E-state index contributed by atoms with van der Waals surface area (Å²) in [6.45, 7) is 0.524. The first-order valence-electron chi connectivity index (χ1n) is 6.09. The molecule has 0 saturated carbocycles. The van der Waals surface area contributed by atoms with Gasteiger partial charge in [-0.2, -0.15) is 4.73 Å². The van der Waals surface area contributed by atoms with E-state index in [0.29, 0.717) is 22.8 Å². The van der Waals surface area contributed by atoms with Crippen molar-refractivity contribution in [1.29, 1.82) is 0 Å². The normalized spacial score (nSPS) is 12.2. The molecule has 0 radical (unpaired) electrons. The highest BCUT2D eigenvalue weighted by Gasteiger charge is 2.16. The van der Waals surface area contributed by atoms with Gasteiger partial charge in [0.2, 0.25) is 6.79 Å². The Bertz CT molecular complexity index is 657. The van der Waals surface area contributed by atoms with Gasteiger partial charge in [0.1, 0.15) is 0 Å². The number of fused-ring (bicyclic) bond motifs is 1. The van der Waals surface area contributed by atoms with Gasteiger partial charge in [0, 0.05) is 18.7 Å². The zero-order valence-electron chi connectivity index (χ0n) is 10.5.